The highest BCUT2D eigenvalue weighted by molar-refractivity contribution is 7.47. The van der Waals surface area contributed by atoms with Crippen molar-refractivity contribution in [1.29, 1.82) is 0 Å². The predicted molar refractivity (Wildman–Crippen MR) is 160 cm³/mol. The molecule has 1 aliphatic heterocycles. The van der Waals surface area contributed by atoms with Gasteiger partial charge < -0.3 is 28.6 Å². The van der Waals surface area contributed by atoms with E-state index in [1.165, 1.54) is 21.8 Å². The number of fused-ring (bicyclic) bond motifs is 1. The largest absolute Gasteiger partial charge is 0.509 e. The third kappa shape index (κ3) is 9.67. The second-order valence-electron chi connectivity index (χ2n) is 12.2. The molecular weight excluding hydrogens is 643 g/mol. The molecule has 1 fully saturated rings. The van der Waals surface area contributed by atoms with E-state index in [2.05, 4.69) is 36.5 Å². The average molecular weight is 681 g/mol. The highest BCUT2D eigenvalue weighted by Gasteiger charge is 2.53. The number of carbonyl (C=O) groups excluding carboxylic acids is 2. The van der Waals surface area contributed by atoms with Crippen LogP contribution in [0.4, 0.5) is 15.4 Å². The Labute approximate surface area is 269 Å². The van der Waals surface area contributed by atoms with E-state index < -0.39 is 62.4 Å². The van der Waals surface area contributed by atoms with Crippen LogP contribution in [0.3, 0.4) is 0 Å². The van der Waals surface area contributed by atoms with Crippen molar-refractivity contribution >= 4 is 37.1 Å². The number of nitrogens with one attached hydrogen (secondary N) is 1. The zero-order valence-corrected chi connectivity index (χ0v) is 27.7. The van der Waals surface area contributed by atoms with E-state index in [0.29, 0.717) is 5.69 Å². The molecule has 2 N–H and O–H groups in total. The van der Waals surface area contributed by atoms with Crippen LogP contribution >= 0.6 is 7.82 Å². The molecule has 3 aromatic heterocycles. The van der Waals surface area contributed by atoms with Gasteiger partial charge >= 0.3 is 20.1 Å². The molecule has 20 heteroatoms. The fraction of sp³-hybridized carbons (Fsp3) is 0.593. The summed E-state index contributed by atoms with van der Waals surface area (Å²) < 4.78 is 54.8. The van der Waals surface area contributed by atoms with Crippen LogP contribution in [0.15, 0.2) is 18.9 Å². The molecule has 256 valence electrons. The maximum atomic E-state index is 13.2. The molecule has 0 spiro atoms. The van der Waals surface area contributed by atoms with Gasteiger partial charge in [0.15, 0.2) is 35.9 Å². The number of amides is 1. The maximum absolute atomic E-state index is 13.2. The van der Waals surface area contributed by atoms with Crippen LogP contribution in [0.1, 0.15) is 53.5 Å². The Balaban J connectivity index is 1.67. The monoisotopic (exact) mass is 680 g/mol. The van der Waals surface area contributed by atoms with Crippen molar-refractivity contribution in [1.82, 2.24) is 34.5 Å². The maximum Gasteiger partial charge on any atom is 0.509 e. The fourth-order valence-electron chi connectivity index (χ4n) is 4.26. The van der Waals surface area contributed by atoms with Gasteiger partial charge in [0.25, 0.3) is 0 Å². The van der Waals surface area contributed by atoms with Crippen molar-refractivity contribution in [2.24, 2.45) is 7.05 Å². The quantitative estimate of drug-likeness (QED) is 0.169. The number of aromatic nitrogens is 7. The van der Waals surface area contributed by atoms with Gasteiger partial charge in [-0.05, 0) is 41.5 Å². The molecule has 5 atom stereocenters. The third-order valence-electron chi connectivity index (χ3n) is 6.13. The van der Waals surface area contributed by atoms with E-state index in [1.807, 2.05) is 0 Å². The lowest BCUT2D eigenvalue weighted by molar-refractivity contribution is -0.0999. The van der Waals surface area contributed by atoms with Crippen molar-refractivity contribution in [3.05, 3.63) is 24.5 Å². The minimum absolute atomic E-state index is 0.00960. The zero-order valence-electron chi connectivity index (χ0n) is 26.8. The molecule has 0 bridgehead atoms. The van der Waals surface area contributed by atoms with E-state index in [9.17, 15) is 19.0 Å². The van der Waals surface area contributed by atoms with Gasteiger partial charge in [-0.1, -0.05) is 11.1 Å². The van der Waals surface area contributed by atoms with Crippen molar-refractivity contribution in [3.8, 4) is 12.3 Å². The molecule has 4 rings (SSSR count). The average Bonchev–Trinajstić information content (AvgIpc) is 3.65. The summed E-state index contributed by atoms with van der Waals surface area (Å²) in [5.74, 6) is 2.14. The van der Waals surface area contributed by atoms with Gasteiger partial charge in [-0.25, -0.2) is 33.8 Å². The van der Waals surface area contributed by atoms with Crippen molar-refractivity contribution in [3.63, 3.8) is 0 Å². The number of ether oxygens (including phenoxy) is 5. The number of imidazole rings is 1. The minimum Gasteiger partial charge on any atom is -0.443 e. The number of nitrogens with zero attached hydrogens (tertiary/aromatic N) is 7. The molecule has 0 saturated carbocycles. The van der Waals surface area contributed by atoms with Crippen molar-refractivity contribution < 1.29 is 51.8 Å². The molecule has 3 aromatic rings. The van der Waals surface area contributed by atoms with Gasteiger partial charge in [0.05, 0.1) is 36.0 Å². The summed E-state index contributed by atoms with van der Waals surface area (Å²) in [7, 11) is -3.15. The van der Waals surface area contributed by atoms with Gasteiger partial charge in [-0.3, -0.25) is 18.9 Å². The smallest absolute Gasteiger partial charge is 0.443 e. The molecule has 0 radical (unpaired) electrons. The molecule has 1 aliphatic rings. The predicted octanol–water partition coefficient (Wildman–Crippen LogP) is 2.87. The summed E-state index contributed by atoms with van der Waals surface area (Å²) in [6, 6.07) is 0. The standard InChI is InChI=1S/C27H37N8O11P/c1-9-10-40-25(37)44-20-19(45-47(38,39)46-27(5,6)7)17(13-42-26(2,3)4)43-23(20)35-15-30-18-21(28-14-29-22(18)35)32-24(36)41-12-16-11-31-33-34(16)8/h1,11,14-15,17,19-20,23H,10,12-13H2,2-8H3,(H,38,39)(H,28,29,32,36)/t17-,19?,20+,23-/m1/s1. The van der Waals surface area contributed by atoms with Gasteiger partial charge in [-0.15, -0.1) is 11.5 Å². The first-order chi connectivity index (χ1) is 22.0. The van der Waals surface area contributed by atoms with Crippen LogP contribution in [0.2, 0.25) is 0 Å². The molecule has 19 nitrogen and oxygen atoms in total. The van der Waals surface area contributed by atoms with Gasteiger partial charge in [0, 0.05) is 7.05 Å². The molecule has 1 amide bonds. The molecule has 47 heavy (non-hydrogen) atoms. The second kappa shape index (κ2) is 14.3. The van der Waals surface area contributed by atoms with Crippen LogP contribution < -0.4 is 5.32 Å². The van der Waals surface area contributed by atoms with E-state index in [4.69, 9.17) is 39.2 Å². The van der Waals surface area contributed by atoms with Gasteiger partial charge in [-0.2, -0.15) is 0 Å². The minimum atomic E-state index is -4.79. The van der Waals surface area contributed by atoms with E-state index in [0.717, 1.165) is 6.33 Å². The highest BCUT2D eigenvalue weighted by Crippen LogP contribution is 2.52. The molecule has 4 heterocycles. The Morgan fingerprint density at radius 1 is 1.13 bits per heavy atom. The fourth-order valence-corrected chi connectivity index (χ4v) is 5.56. The number of hydrogen-bond donors (Lipinski definition) is 2. The summed E-state index contributed by atoms with van der Waals surface area (Å²) in [6.45, 7) is 9.40. The number of carbonyl (C=O) groups is 2. The Morgan fingerprint density at radius 3 is 2.51 bits per heavy atom. The lowest BCUT2D eigenvalue weighted by Gasteiger charge is -2.29. The first-order valence-corrected chi connectivity index (χ1v) is 15.7. The molecule has 1 saturated heterocycles. The zero-order chi connectivity index (χ0) is 34.6. The Hall–Kier alpha value is -4.18. The van der Waals surface area contributed by atoms with Crippen LogP contribution in [-0.2, 0) is 51.0 Å². The van der Waals surface area contributed by atoms with Crippen LogP contribution in [0.25, 0.3) is 11.2 Å². The van der Waals surface area contributed by atoms with E-state index in [-0.39, 0.29) is 30.2 Å². The molecule has 0 aliphatic carbocycles. The number of hydrogen-bond acceptors (Lipinski definition) is 15. The summed E-state index contributed by atoms with van der Waals surface area (Å²) in [5.41, 5.74) is -0.963. The molecule has 0 aromatic carbocycles. The lowest BCUT2D eigenvalue weighted by atomic mass is 10.1. The van der Waals surface area contributed by atoms with Crippen LogP contribution in [-0.4, -0.2) is 94.4 Å². The number of phosphoric ester groups is 1. The number of anilines is 1. The molecule has 2 unspecified atom stereocenters. The topological polar surface area (TPSA) is 222 Å². The van der Waals surface area contributed by atoms with Crippen molar-refractivity contribution in [2.75, 3.05) is 18.5 Å². The van der Waals surface area contributed by atoms with Crippen LogP contribution in [0, 0.1) is 12.3 Å². The number of rotatable bonds is 11. The number of phosphoric acid groups is 1. The summed E-state index contributed by atoms with van der Waals surface area (Å²) in [4.78, 5) is 48.6. The summed E-state index contributed by atoms with van der Waals surface area (Å²) >= 11 is 0. The van der Waals surface area contributed by atoms with Gasteiger partial charge in [0.1, 0.15) is 25.1 Å². The van der Waals surface area contributed by atoms with E-state index >= 15 is 0 Å². The lowest BCUT2D eigenvalue weighted by Crippen LogP contribution is -2.40. The van der Waals surface area contributed by atoms with Crippen molar-refractivity contribution in [2.45, 2.75) is 83.9 Å². The van der Waals surface area contributed by atoms with Gasteiger partial charge in [0.2, 0.25) is 0 Å². The normalized spacial score (nSPS) is 21.2. The highest BCUT2D eigenvalue weighted by atomic mass is 31.2. The Bertz CT molecular complexity index is 1660. The SMILES string of the molecule is C#CCOC(=O)O[C@H]1C(OP(=O)(O)OC(C)(C)C)[C@@H](COC(C)(C)C)O[C@H]1n1cnc2c(NC(=O)OCc3cnnn3C)ncnc21. The molecular formula is C27H37N8O11P. The van der Waals surface area contributed by atoms with Crippen LogP contribution in [0.5, 0.6) is 0 Å². The Morgan fingerprint density at radius 2 is 1.87 bits per heavy atom. The number of terminal acetylenes is 1. The first-order valence-electron chi connectivity index (χ1n) is 14.2. The Kier molecular flexibility index (Phi) is 10.8. The summed E-state index contributed by atoms with van der Waals surface area (Å²) in [5, 5.41) is 10.0. The summed E-state index contributed by atoms with van der Waals surface area (Å²) in [6.07, 6.45) is 1.78. The van der Waals surface area contributed by atoms with E-state index in [1.54, 1.807) is 48.6 Å². The number of aryl methyl sites for hydroxylation is 1. The third-order valence-corrected chi connectivity index (χ3v) is 7.42. The second-order valence-corrected chi connectivity index (χ2v) is 13.5. The first kappa shape index (κ1) is 35.7.